The van der Waals surface area contributed by atoms with Crippen LogP contribution >= 0.6 is 0 Å². The van der Waals surface area contributed by atoms with E-state index in [2.05, 4.69) is 6.92 Å². The van der Waals surface area contributed by atoms with E-state index in [-0.39, 0.29) is 0 Å². The van der Waals surface area contributed by atoms with Crippen LogP contribution in [0.1, 0.15) is 13.8 Å². The Morgan fingerprint density at radius 3 is 1.60 bits per heavy atom. The van der Waals surface area contributed by atoms with Crippen LogP contribution in [0.25, 0.3) is 0 Å². The second-order valence-electron chi connectivity index (χ2n) is 1.81. The second kappa shape index (κ2) is 0.902. The molecule has 0 aliphatic carbocycles. The Hall–Kier alpha value is -0.170. The Morgan fingerprint density at radius 2 is 1.60 bits per heavy atom. The molecule has 0 spiro atoms. The molecular weight excluding hydrogens is 64.0 g/mol. The van der Waals surface area contributed by atoms with Crippen molar-refractivity contribution in [1.82, 2.24) is 0 Å². The predicted octanol–water partition coefficient (Wildman–Crippen LogP) is 0.591. The molecule has 0 amide bonds. The first kappa shape index (κ1) is 4.83. The second-order valence-corrected chi connectivity index (χ2v) is 1.81. The van der Waals surface area contributed by atoms with Crippen LogP contribution in [0.3, 0.4) is 0 Å². The molecule has 0 fully saturated rings. The molecule has 1 heteroatoms. The number of hydrogen-bond donors (Lipinski definition) is 1. The highest BCUT2D eigenvalue weighted by atomic mass is 16.3. The molecule has 0 aromatic heterocycles. The molecule has 0 saturated heterocycles. The van der Waals surface area contributed by atoms with Crippen LogP contribution in [0.5, 0.6) is 0 Å². The van der Waals surface area contributed by atoms with Crippen molar-refractivity contribution in [2.75, 3.05) is 0 Å². The van der Waals surface area contributed by atoms with Crippen LogP contribution in [0.4, 0.5) is 0 Å². The summed E-state index contributed by atoms with van der Waals surface area (Å²) in [6.45, 7) is 6.59. The zero-order chi connectivity index (χ0) is 4.50. The van der Waals surface area contributed by atoms with Crippen LogP contribution in [0.15, 0.2) is 0 Å². The van der Waals surface area contributed by atoms with Gasteiger partial charge in [-0.2, -0.15) is 0 Å². The SMILES string of the molecule is [CH2+]C(C)(C)O. The lowest BCUT2D eigenvalue weighted by molar-refractivity contribution is 0.130. The summed E-state index contributed by atoms with van der Waals surface area (Å²) in [6, 6.07) is 0. The van der Waals surface area contributed by atoms with Gasteiger partial charge in [0, 0.05) is 13.8 Å². The van der Waals surface area contributed by atoms with Crippen molar-refractivity contribution >= 4 is 0 Å². The number of rotatable bonds is 0. The van der Waals surface area contributed by atoms with Crippen molar-refractivity contribution in [3.63, 3.8) is 0 Å². The fraction of sp³-hybridized carbons (Fsp3) is 0.750. The summed E-state index contributed by atoms with van der Waals surface area (Å²) in [4.78, 5) is 0. The molecule has 0 bridgehead atoms. The Labute approximate surface area is 32.6 Å². The predicted molar refractivity (Wildman–Crippen MR) is 21.7 cm³/mol. The van der Waals surface area contributed by atoms with E-state index in [1.54, 1.807) is 13.8 Å². The third-order valence-electron chi connectivity index (χ3n) is 0. The third kappa shape index (κ3) is 444. The van der Waals surface area contributed by atoms with Gasteiger partial charge in [0.15, 0.2) is 5.60 Å². The summed E-state index contributed by atoms with van der Waals surface area (Å²) >= 11 is 0. The zero-order valence-electron chi connectivity index (χ0n) is 3.65. The van der Waals surface area contributed by atoms with Gasteiger partial charge in [-0.05, 0) is 0 Å². The highest BCUT2D eigenvalue weighted by molar-refractivity contribution is 4.64. The summed E-state index contributed by atoms with van der Waals surface area (Å²) in [7, 11) is 0. The Bertz CT molecular complexity index is 19.1. The van der Waals surface area contributed by atoms with Crippen LogP contribution in [-0.4, -0.2) is 10.7 Å². The summed E-state index contributed by atoms with van der Waals surface area (Å²) < 4.78 is 0. The number of hydrogen-bond acceptors (Lipinski definition) is 1. The van der Waals surface area contributed by atoms with E-state index in [0.29, 0.717) is 0 Å². The molecule has 0 radical (unpaired) electrons. The lowest BCUT2D eigenvalue weighted by atomic mass is 10.2. The van der Waals surface area contributed by atoms with Gasteiger partial charge in [0.2, 0.25) is 0 Å². The largest absolute Gasteiger partial charge is 0.351 e. The van der Waals surface area contributed by atoms with Gasteiger partial charge < -0.3 is 5.11 Å². The average molecular weight is 73.1 g/mol. The van der Waals surface area contributed by atoms with Crippen molar-refractivity contribution in [3.8, 4) is 0 Å². The van der Waals surface area contributed by atoms with Gasteiger partial charge in [-0.1, -0.05) is 0 Å². The molecule has 0 saturated carbocycles. The quantitative estimate of drug-likeness (QED) is 0.416. The van der Waals surface area contributed by atoms with Crippen LogP contribution in [0.2, 0.25) is 0 Å². The standard InChI is InChI=1S/C4H9O/c1-4(2,3)5/h5H,1H2,2-3H3/q+1. The van der Waals surface area contributed by atoms with Crippen molar-refractivity contribution in [2.24, 2.45) is 0 Å². The normalized spacial score (nSPS) is 11.8. The first-order valence-electron chi connectivity index (χ1n) is 1.58. The first-order valence-corrected chi connectivity index (χ1v) is 1.58. The molecule has 0 aromatic carbocycles. The smallest absolute Gasteiger partial charge is 0.196 e. The van der Waals surface area contributed by atoms with E-state index in [1.165, 1.54) is 0 Å². The zero-order valence-corrected chi connectivity index (χ0v) is 3.65. The minimum Gasteiger partial charge on any atom is -0.351 e. The van der Waals surface area contributed by atoms with E-state index in [1.807, 2.05) is 0 Å². The van der Waals surface area contributed by atoms with Crippen molar-refractivity contribution < 1.29 is 5.11 Å². The van der Waals surface area contributed by atoms with Gasteiger partial charge in [-0.15, -0.1) is 0 Å². The Balaban J connectivity index is 3.02. The summed E-state index contributed by atoms with van der Waals surface area (Å²) in [6.07, 6.45) is 0. The molecule has 1 N–H and O–H groups in total. The average Bonchev–Trinajstić information content (AvgIpc) is 0.722. The highest BCUT2D eigenvalue weighted by Gasteiger charge is 2.08. The van der Waals surface area contributed by atoms with E-state index in [4.69, 9.17) is 5.11 Å². The van der Waals surface area contributed by atoms with Gasteiger partial charge in [0.05, 0.1) is 6.92 Å². The molecule has 0 aliphatic rings. The lowest BCUT2D eigenvalue weighted by Gasteiger charge is -1.94. The molecular formula is C4H9O+. The van der Waals surface area contributed by atoms with Crippen LogP contribution < -0.4 is 0 Å². The summed E-state index contributed by atoms with van der Waals surface area (Å²) in [5.74, 6) is 0. The van der Waals surface area contributed by atoms with E-state index >= 15 is 0 Å². The fourth-order valence-electron chi connectivity index (χ4n) is 0. The first-order chi connectivity index (χ1) is 2.00. The third-order valence-corrected chi connectivity index (χ3v) is 0. The summed E-state index contributed by atoms with van der Waals surface area (Å²) in [5, 5.41) is 8.41. The molecule has 0 aliphatic heterocycles. The molecule has 30 valence electrons. The van der Waals surface area contributed by atoms with Gasteiger partial charge in [-0.3, -0.25) is 0 Å². The van der Waals surface area contributed by atoms with Crippen LogP contribution in [-0.2, 0) is 0 Å². The molecule has 1 nitrogen and oxygen atoms in total. The molecule has 0 unspecified atom stereocenters. The minimum absolute atomic E-state index is 0.750. The maximum Gasteiger partial charge on any atom is 0.196 e. The molecule has 0 aromatic rings. The monoisotopic (exact) mass is 73.1 g/mol. The molecule has 0 heterocycles. The van der Waals surface area contributed by atoms with Crippen LogP contribution in [0, 0.1) is 6.92 Å². The van der Waals surface area contributed by atoms with E-state index < -0.39 is 5.60 Å². The van der Waals surface area contributed by atoms with Crippen molar-refractivity contribution in [3.05, 3.63) is 6.92 Å². The highest BCUT2D eigenvalue weighted by Crippen LogP contribution is 1.92. The maximum atomic E-state index is 8.41. The van der Waals surface area contributed by atoms with Gasteiger partial charge in [0.1, 0.15) is 0 Å². The van der Waals surface area contributed by atoms with Gasteiger partial charge >= 0.3 is 0 Å². The Morgan fingerprint density at radius 1 is 1.60 bits per heavy atom. The maximum absolute atomic E-state index is 8.41. The lowest BCUT2D eigenvalue weighted by Crippen LogP contribution is -2.10. The van der Waals surface area contributed by atoms with E-state index in [9.17, 15) is 0 Å². The van der Waals surface area contributed by atoms with Gasteiger partial charge in [0.25, 0.3) is 0 Å². The Kier molecular flexibility index (Phi) is 0.872. The minimum atomic E-state index is -0.750. The van der Waals surface area contributed by atoms with Crippen molar-refractivity contribution in [2.45, 2.75) is 19.4 Å². The van der Waals surface area contributed by atoms with E-state index in [0.717, 1.165) is 0 Å². The van der Waals surface area contributed by atoms with Gasteiger partial charge in [-0.25, -0.2) is 0 Å². The number of aliphatic hydroxyl groups is 1. The summed E-state index contributed by atoms with van der Waals surface area (Å²) in [5.41, 5.74) is -0.750. The fourth-order valence-corrected chi connectivity index (χ4v) is 0. The molecule has 0 rings (SSSR count). The topological polar surface area (TPSA) is 20.2 Å². The molecule has 5 heavy (non-hydrogen) atoms. The van der Waals surface area contributed by atoms with Crippen molar-refractivity contribution in [1.29, 1.82) is 0 Å². The molecule has 0 atom stereocenters.